The minimum absolute atomic E-state index is 0.0637. The summed E-state index contributed by atoms with van der Waals surface area (Å²) in [7, 11) is 0. The van der Waals surface area contributed by atoms with Crippen LogP contribution in [0.1, 0.15) is 12.8 Å². The minimum Gasteiger partial charge on any atom is -0.274 e. The molecule has 2 aliphatic rings. The predicted molar refractivity (Wildman–Crippen MR) is 88.3 cm³/mol. The van der Waals surface area contributed by atoms with Crippen molar-refractivity contribution in [2.75, 3.05) is 4.90 Å². The van der Waals surface area contributed by atoms with E-state index >= 15 is 0 Å². The van der Waals surface area contributed by atoms with E-state index in [4.69, 9.17) is 0 Å². The summed E-state index contributed by atoms with van der Waals surface area (Å²) in [6, 6.07) is 7.29. The van der Waals surface area contributed by atoms with Crippen molar-refractivity contribution < 1.29 is 9.59 Å². The highest BCUT2D eigenvalue weighted by atomic mass is 79.9. The summed E-state index contributed by atoms with van der Waals surface area (Å²) < 4.78 is 0.929. The van der Waals surface area contributed by atoms with Crippen LogP contribution < -0.4 is 4.90 Å². The summed E-state index contributed by atoms with van der Waals surface area (Å²) in [5.74, 6) is -0.508. The Morgan fingerprint density at radius 1 is 0.900 bits per heavy atom. The Morgan fingerprint density at radius 3 is 1.80 bits per heavy atom. The lowest BCUT2D eigenvalue weighted by atomic mass is 9.81. The largest absolute Gasteiger partial charge is 0.274 e. The van der Waals surface area contributed by atoms with Crippen LogP contribution in [-0.4, -0.2) is 21.5 Å². The molecule has 1 aliphatic heterocycles. The maximum absolute atomic E-state index is 12.5. The van der Waals surface area contributed by atoms with Crippen LogP contribution in [0.4, 0.5) is 5.69 Å². The molecular weight excluding hydrogens is 454 g/mol. The van der Waals surface area contributed by atoms with Crippen molar-refractivity contribution in [2.24, 2.45) is 11.8 Å². The van der Waals surface area contributed by atoms with Gasteiger partial charge in [-0.1, -0.05) is 47.8 Å². The zero-order chi connectivity index (χ0) is 14.4. The highest BCUT2D eigenvalue weighted by molar-refractivity contribution is 9.12. The standard InChI is InChI=1S/C14H12Br3NO2/c15-7-1-3-8(4-2-7)18-13(19)9-5-11(16)12(17)6-10(9)14(18)20/h1-4,9-12H,5-6H2/t9-,10+,11-,12-/m1/s1. The normalized spacial score (nSPS) is 33.5. The molecule has 0 spiro atoms. The number of benzene rings is 1. The first kappa shape index (κ1) is 14.7. The predicted octanol–water partition coefficient (Wildman–Crippen LogP) is 3.88. The summed E-state index contributed by atoms with van der Waals surface area (Å²) in [4.78, 5) is 26.9. The zero-order valence-corrected chi connectivity index (χ0v) is 15.2. The Morgan fingerprint density at radius 2 is 1.35 bits per heavy atom. The molecule has 1 aromatic carbocycles. The van der Waals surface area contributed by atoms with Gasteiger partial charge in [0.15, 0.2) is 0 Å². The number of hydrogen-bond donors (Lipinski definition) is 0. The van der Waals surface area contributed by atoms with Gasteiger partial charge >= 0.3 is 0 Å². The fourth-order valence-corrected chi connectivity index (χ4v) is 4.44. The number of carbonyl (C=O) groups excluding carboxylic acids is 2. The molecule has 4 atom stereocenters. The van der Waals surface area contributed by atoms with Crippen molar-refractivity contribution in [3.05, 3.63) is 28.7 Å². The maximum Gasteiger partial charge on any atom is 0.237 e. The van der Waals surface area contributed by atoms with Crippen LogP contribution >= 0.6 is 47.8 Å². The number of amides is 2. The third-order valence-electron chi connectivity index (χ3n) is 4.00. The van der Waals surface area contributed by atoms with E-state index in [9.17, 15) is 9.59 Å². The lowest BCUT2D eigenvalue weighted by molar-refractivity contribution is -0.122. The van der Waals surface area contributed by atoms with Crippen LogP contribution in [-0.2, 0) is 9.59 Å². The van der Waals surface area contributed by atoms with Gasteiger partial charge in [-0.15, -0.1) is 0 Å². The van der Waals surface area contributed by atoms with Gasteiger partial charge in [-0.2, -0.15) is 0 Å². The van der Waals surface area contributed by atoms with E-state index < -0.39 is 0 Å². The maximum atomic E-state index is 12.5. The van der Waals surface area contributed by atoms with E-state index in [1.54, 1.807) is 12.1 Å². The van der Waals surface area contributed by atoms with E-state index in [2.05, 4.69) is 47.8 Å². The van der Waals surface area contributed by atoms with Gasteiger partial charge in [0.1, 0.15) is 0 Å². The SMILES string of the molecule is O=C1[C@H]2C[C@@H](Br)[C@H](Br)C[C@H]2C(=O)N1c1ccc(Br)cc1. The third-order valence-corrected chi connectivity index (χ3v) is 7.26. The monoisotopic (exact) mass is 463 g/mol. The summed E-state index contributed by atoms with van der Waals surface area (Å²) in [6.45, 7) is 0. The number of imide groups is 1. The van der Waals surface area contributed by atoms with E-state index in [0.29, 0.717) is 18.5 Å². The molecule has 0 bridgehead atoms. The van der Waals surface area contributed by atoms with Crippen molar-refractivity contribution >= 4 is 65.3 Å². The number of rotatable bonds is 1. The molecule has 0 unspecified atom stereocenters. The van der Waals surface area contributed by atoms with Gasteiger partial charge in [-0.3, -0.25) is 14.5 Å². The van der Waals surface area contributed by atoms with Crippen LogP contribution in [0.3, 0.4) is 0 Å². The van der Waals surface area contributed by atoms with Crippen LogP contribution in [0.5, 0.6) is 0 Å². The fraction of sp³-hybridized carbons (Fsp3) is 0.429. The number of fused-ring (bicyclic) bond motifs is 1. The molecule has 2 amide bonds. The van der Waals surface area contributed by atoms with E-state index in [1.165, 1.54) is 4.90 Å². The summed E-state index contributed by atoms with van der Waals surface area (Å²) >= 11 is 10.5. The summed E-state index contributed by atoms with van der Waals surface area (Å²) in [5, 5.41) is 0. The molecule has 0 radical (unpaired) electrons. The Kier molecular flexibility index (Phi) is 4.08. The van der Waals surface area contributed by atoms with Crippen molar-refractivity contribution in [3.63, 3.8) is 0 Å². The summed E-state index contributed by atoms with van der Waals surface area (Å²) in [5.41, 5.74) is 0.662. The number of halogens is 3. The highest BCUT2D eigenvalue weighted by Gasteiger charge is 2.52. The number of carbonyl (C=O) groups is 2. The van der Waals surface area contributed by atoms with Gasteiger partial charge in [-0.25, -0.2) is 0 Å². The molecular formula is C14H12Br3NO2. The Hall–Kier alpha value is -0.200. The van der Waals surface area contributed by atoms with Crippen molar-refractivity contribution in [2.45, 2.75) is 22.5 Å². The Labute approximate surface area is 142 Å². The van der Waals surface area contributed by atoms with Crippen molar-refractivity contribution in [3.8, 4) is 0 Å². The molecule has 0 N–H and O–H groups in total. The molecule has 3 nitrogen and oxygen atoms in total. The lowest BCUT2D eigenvalue weighted by Crippen LogP contribution is -2.34. The van der Waals surface area contributed by atoms with E-state index in [0.717, 1.165) is 4.47 Å². The molecule has 1 aliphatic carbocycles. The molecule has 106 valence electrons. The van der Waals surface area contributed by atoms with Crippen LogP contribution in [0.15, 0.2) is 28.7 Å². The molecule has 6 heteroatoms. The van der Waals surface area contributed by atoms with E-state index in [1.807, 2.05) is 12.1 Å². The molecule has 1 aromatic rings. The number of anilines is 1. The highest BCUT2D eigenvalue weighted by Crippen LogP contribution is 2.44. The fourth-order valence-electron chi connectivity index (χ4n) is 2.94. The molecule has 3 rings (SSSR count). The van der Waals surface area contributed by atoms with Crippen molar-refractivity contribution in [1.29, 1.82) is 0 Å². The zero-order valence-electron chi connectivity index (χ0n) is 10.4. The molecule has 2 fully saturated rings. The molecule has 20 heavy (non-hydrogen) atoms. The molecule has 0 aromatic heterocycles. The van der Waals surface area contributed by atoms with Gasteiger partial charge in [-0.05, 0) is 37.1 Å². The number of hydrogen-bond acceptors (Lipinski definition) is 2. The topological polar surface area (TPSA) is 37.4 Å². The Balaban J connectivity index is 1.93. The second kappa shape index (κ2) is 5.54. The average Bonchev–Trinajstić information content (AvgIpc) is 2.65. The first-order chi connectivity index (χ1) is 9.49. The van der Waals surface area contributed by atoms with Crippen LogP contribution in [0.2, 0.25) is 0 Å². The van der Waals surface area contributed by atoms with Gasteiger partial charge in [0, 0.05) is 14.1 Å². The van der Waals surface area contributed by atoms with Gasteiger partial charge in [0.2, 0.25) is 11.8 Å². The van der Waals surface area contributed by atoms with E-state index in [-0.39, 0.29) is 33.3 Å². The number of alkyl halides is 2. The van der Waals surface area contributed by atoms with Gasteiger partial charge in [0.05, 0.1) is 17.5 Å². The lowest BCUT2D eigenvalue weighted by Gasteiger charge is -2.29. The first-order valence-corrected chi connectivity index (χ1v) is 9.03. The Bertz CT molecular complexity index is 532. The molecule has 1 saturated carbocycles. The third kappa shape index (κ3) is 2.40. The first-order valence-electron chi connectivity index (χ1n) is 6.40. The minimum atomic E-state index is -0.190. The second-order valence-electron chi connectivity index (χ2n) is 5.20. The van der Waals surface area contributed by atoms with Gasteiger partial charge in [0.25, 0.3) is 0 Å². The van der Waals surface area contributed by atoms with Crippen LogP contribution in [0, 0.1) is 11.8 Å². The second-order valence-corrected chi connectivity index (χ2v) is 8.47. The quantitative estimate of drug-likeness (QED) is 0.466. The van der Waals surface area contributed by atoms with Gasteiger partial charge < -0.3 is 0 Å². The smallest absolute Gasteiger partial charge is 0.237 e. The average molecular weight is 466 g/mol. The van der Waals surface area contributed by atoms with Crippen molar-refractivity contribution in [1.82, 2.24) is 0 Å². The summed E-state index contributed by atoms with van der Waals surface area (Å²) in [6.07, 6.45) is 1.41. The molecule has 1 heterocycles. The number of nitrogens with zero attached hydrogens (tertiary/aromatic N) is 1. The van der Waals surface area contributed by atoms with Crippen LogP contribution in [0.25, 0.3) is 0 Å². The molecule has 1 saturated heterocycles.